The first kappa shape index (κ1) is 17.2. The number of fused-ring (bicyclic) bond motifs is 2. The quantitative estimate of drug-likeness (QED) is 0.828. The van der Waals surface area contributed by atoms with E-state index >= 15 is 0 Å². The van der Waals surface area contributed by atoms with Gasteiger partial charge in [-0.3, -0.25) is 0 Å². The Kier molecular flexibility index (Phi) is 5.37. The van der Waals surface area contributed by atoms with Gasteiger partial charge in [-0.25, -0.2) is 0 Å². The SMILES string of the molecule is CCCC[C@@H]1Cc2ccccc2[C@](C)(NCCO)c2ccccc21. The lowest BCUT2D eigenvalue weighted by Gasteiger charge is -2.34. The van der Waals surface area contributed by atoms with Crippen molar-refractivity contribution < 1.29 is 5.11 Å². The molecular weight excluding hydrogens is 294 g/mol. The number of nitrogens with one attached hydrogen (secondary N) is 1. The van der Waals surface area contributed by atoms with Crippen molar-refractivity contribution in [3.05, 3.63) is 70.8 Å². The van der Waals surface area contributed by atoms with Crippen LogP contribution in [0.4, 0.5) is 0 Å². The van der Waals surface area contributed by atoms with Crippen molar-refractivity contribution in [3.63, 3.8) is 0 Å². The predicted molar refractivity (Wildman–Crippen MR) is 100 cm³/mol. The second-order valence-electron chi connectivity index (χ2n) is 7.06. The maximum atomic E-state index is 9.38. The van der Waals surface area contributed by atoms with Crippen LogP contribution in [0.5, 0.6) is 0 Å². The van der Waals surface area contributed by atoms with Gasteiger partial charge in [0, 0.05) is 6.54 Å². The summed E-state index contributed by atoms with van der Waals surface area (Å²) in [6.45, 7) is 5.28. The van der Waals surface area contributed by atoms with Gasteiger partial charge in [-0.15, -0.1) is 0 Å². The molecule has 3 rings (SSSR count). The van der Waals surface area contributed by atoms with Crippen molar-refractivity contribution in [1.29, 1.82) is 0 Å². The third kappa shape index (κ3) is 3.13. The molecule has 1 aliphatic carbocycles. The third-order valence-corrected chi connectivity index (χ3v) is 5.46. The molecule has 0 aromatic heterocycles. The maximum absolute atomic E-state index is 9.38. The van der Waals surface area contributed by atoms with Gasteiger partial charge in [0.2, 0.25) is 0 Å². The zero-order valence-corrected chi connectivity index (χ0v) is 14.9. The van der Waals surface area contributed by atoms with Crippen molar-refractivity contribution in [2.45, 2.75) is 51.0 Å². The zero-order chi connectivity index (χ0) is 17.0. The first-order valence-corrected chi connectivity index (χ1v) is 9.24. The number of hydrogen-bond acceptors (Lipinski definition) is 2. The summed E-state index contributed by atoms with van der Waals surface area (Å²) in [4.78, 5) is 0. The van der Waals surface area contributed by atoms with Gasteiger partial charge in [0.25, 0.3) is 0 Å². The molecule has 0 spiro atoms. The Morgan fingerprint density at radius 3 is 2.54 bits per heavy atom. The molecule has 0 unspecified atom stereocenters. The van der Waals surface area contributed by atoms with Crippen molar-refractivity contribution in [2.75, 3.05) is 13.2 Å². The van der Waals surface area contributed by atoms with Crippen LogP contribution in [-0.2, 0) is 12.0 Å². The molecule has 2 N–H and O–H groups in total. The standard InChI is InChI=1S/C22H29NO/c1-3-4-9-17-16-18-10-5-7-12-20(18)22(2,23-14-15-24)21-13-8-6-11-19(17)21/h5-8,10-13,17,23-24H,3-4,9,14-16H2,1-2H3/t17-,22+/m1/s1. The minimum Gasteiger partial charge on any atom is -0.395 e. The summed E-state index contributed by atoms with van der Waals surface area (Å²) in [5.41, 5.74) is 5.36. The number of hydrogen-bond donors (Lipinski definition) is 2. The fourth-order valence-electron chi connectivity index (χ4n) is 4.22. The van der Waals surface area contributed by atoms with E-state index in [1.54, 1.807) is 0 Å². The molecule has 2 atom stereocenters. The summed E-state index contributed by atoms with van der Waals surface area (Å²) in [5, 5.41) is 13.0. The fourth-order valence-corrected chi connectivity index (χ4v) is 4.22. The van der Waals surface area contributed by atoms with Gasteiger partial charge < -0.3 is 10.4 Å². The normalized spacial score (nSPS) is 22.5. The second-order valence-corrected chi connectivity index (χ2v) is 7.06. The van der Waals surface area contributed by atoms with Gasteiger partial charge in [0.15, 0.2) is 0 Å². The lowest BCUT2D eigenvalue weighted by Crippen LogP contribution is -2.42. The molecule has 0 radical (unpaired) electrons. The molecule has 2 aromatic carbocycles. The van der Waals surface area contributed by atoms with E-state index in [2.05, 4.69) is 67.7 Å². The lowest BCUT2D eigenvalue weighted by atomic mass is 9.81. The van der Waals surface area contributed by atoms with Crippen LogP contribution in [0.1, 0.15) is 61.3 Å². The molecule has 0 bridgehead atoms. The Morgan fingerprint density at radius 2 is 1.79 bits per heavy atom. The smallest absolute Gasteiger partial charge is 0.0668 e. The number of aliphatic hydroxyl groups is 1. The molecule has 2 aromatic rings. The molecule has 0 aliphatic heterocycles. The highest BCUT2D eigenvalue weighted by molar-refractivity contribution is 5.50. The molecule has 0 amide bonds. The van der Waals surface area contributed by atoms with Crippen LogP contribution in [0.15, 0.2) is 48.5 Å². The molecule has 1 aliphatic rings. The van der Waals surface area contributed by atoms with Crippen molar-refractivity contribution in [3.8, 4) is 0 Å². The Bertz CT molecular complexity index is 681. The third-order valence-electron chi connectivity index (χ3n) is 5.46. The number of aliphatic hydroxyl groups excluding tert-OH is 1. The molecule has 0 saturated carbocycles. The van der Waals surface area contributed by atoms with Crippen LogP contribution in [-0.4, -0.2) is 18.3 Å². The highest BCUT2D eigenvalue weighted by Crippen LogP contribution is 2.42. The highest BCUT2D eigenvalue weighted by Gasteiger charge is 2.36. The Hall–Kier alpha value is -1.64. The summed E-state index contributed by atoms with van der Waals surface area (Å²) in [5.74, 6) is 0.569. The second kappa shape index (κ2) is 7.50. The molecule has 128 valence electrons. The Morgan fingerprint density at radius 1 is 1.08 bits per heavy atom. The van der Waals surface area contributed by atoms with Crippen LogP contribution in [0.25, 0.3) is 0 Å². The molecule has 2 nitrogen and oxygen atoms in total. The zero-order valence-electron chi connectivity index (χ0n) is 14.9. The highest BCUT2D eigenvalue weighted by atomic mass is 16.3. The van der Waals surface area contributed by atoms with Gasteiger partial charge in [0.1, 0.15) is 0 Å². The van der Waals surface area contributed by atoms with E-state index in [9.17, 15) is 5.11 Å². The monoisotopic (exact) mass is 323 g/mol. The molecule has 0 fully saturated rings. The topological polar surface area (TPSA) is 32.3 Å². The van der Waals surface area contributed by atoms with Crippen LogP contribution in [0.3, 0.4) is 0 Å². The van der Waals surface area contributed by atoms with E-state index in [1.807, 2.05) is 0 Å². The van der Waals surface area contributed by atoms with Gasteiger partial charge in [-0.1, -0.05) is 68.3 Å². The van der Waals surface area contributed by atoms with E-state index in [0.717, 1.165) is 6.42 Å². The minimum atomic E-state index is -0.253. The largest absolute Gasteiger partial charge is 0.395 e. The van der Waals surface area contributed by atoms with E-state index in [4.69, 9.17) is 0 Å². The van der Waals surface area contributed by atoms with Crippen LogP contribution in [0, 0.1) is 0 Å². The van der Waals surface area contributed by atoms with Gasteiger partial charge in [0.05, 0.1) is 12.1 Å². The van der Waals surface area contributed by atoms with Crippen molar-refractivity contribution >= 4 is 0 Å². The van der Waals surface area contributed by atoms with Crippen molar-refractivity contribution in [2.24, 2.45) is 0 Å². The summed E-state index contributed by atoms with van der Waals surface area (Å²) in [6.07, 6.45) is 4.84. The summed E-state index contributed by atoms with van der Waals surface area (Å²) >= 11 is 0. The molecule has 0 saturated heterocycles. The molecular formula is C22H29NO. The van der Waals surface area contributed by atoms with Crippen LogP contribution >= 0.6 is 0 Å². The first-order valence-electron chi connectivity index (χ1n) is 9.24. The number of benzene rings is 2. The number of unbranched alkanes of at least 4 members (excludes halogenated alkanes) is 1. The first-order chi connectivity index (χ1) is 11.7. The van der Waals surface area contributed by atoms with Crippen molar-refractivity contribution in [1.82, 2.24) is 5.32 Å². The van der Waals surface area contributed by atoms with Crippen LogP contribution < -0.4 is 5.32 Å². The predicted octanol–water partition coefficient (Wildman–Crippen LogP) is 4.36. The fraction of sp³-hybridized carbons (Fsp3) is 0.455. The molecule has 24 heavy (non-hydrogen) atoms. The summed E-state index contributed by atoms with van der Waals surface area (Å²) in [7, 11) is 0. The minimum absolute atomic E-state index is 0.152. The summed E-state index contributed by atoms with van der Waals surface area (Å²) < 4.78 is 0. The summed E-state index contributed by atoms with van der Waals surface area (Å²) in [6, 6.07) is 17.7. The molecule has 2 heteroatoms. The average molecular weight is 323 g/mol. The van der Waals surface area contributed by atoms with Gasteiger partial charge in [-0.05, 0) is 47.9 Å². The van der Waals surface area contributed by atoms with E-state index < -0.39 is 0 Å². The van der Waals surface area contributed by atoms with E-state index in [1.165, 1.54) is 41.5 Å². The van der Waals surface area contributed by atoms with Gasteiger partial charge >= 0.3 is 0 Å². The Balaban J connectivity index is 2.15. The van der Waals surface area contributed by atoms with E-state index in [0.29, 0.717) is 12.5 Å². The maximum Gasteiger partial charge on any atom is 0.0668 e. The molecule has 0 heterocycles. The number of rotatable bonds is 6. The average Bonchev–Trinajstić information content (AvgIpc) is 2.73. The van der Waals surface area contributed by atoms with Crippen LogP contribution in [0.2, 0.25) is 0 Å². The van der Waals surface area contributed by atoms with E-state index in [-0.39, 0.29) is 12.1 Å². The lowest BCUT2D eigenvalue weighted by molar-refractivity contribution is 0.272. The Labute approximate surface area is 145 Å². The van der Waals surface area contributed by atoms with Gasteiger partial charge in [-0.2, -0.15) is 0 Å².